The third-order valence-electron chi connectivity index (χ3n) is 2.42. The molecule has 4 heteroatoms. The smallest absolute Gasteiger partial charge is 0.316 e. The van der Waals surface area contributed by atoms with Crippen LogP contribution in [-0.4, -0.2) is 11.9 Å². The van der Waals surface area contributed by atoms with E-state index in [0.29, 0.717) is 11.5 Å². The SMILES string of the molecule is CC(C)(C)C(=O)Oc1ccc2c(c1)OC(=O)C2. The molecule has 17 heavy (non-hydrogen) atoms. The predicted molar refractivity (Wildman–Crippen MR) is 60.9 cm³/mol. The van der Waals surface area contributed by atoms with Gasteiger partial charge < -0.3 is 9.47 Å². The Morgan fingerprint density at radius 1 is 1.35 bits per heavy atom. The Bertz CT molecular complexity index is 483. The third kappa shape index (κ3) is 2.46. The van der Waals surface area contributed by atoms with E-state index in [4.69, 9.17) is 9.47 Å². The van der Waals surface area contributed by atoms with Crippen molar-refractivity contribution < 1.29 is 19.1 Å². The van der Waals surface area contributed by atoms with Crippen molar-refractivity contribution in [3.63, 3.8) is 0 Å². The van der Waals surface area contributed by atoms with Crippen LogP contribution in [-0.2, 0) is 16.0 Å². The van der Waals surface area contributed by atoms with Crippen molar-refractivity contribution in [2.45, 2.75) is 27.2 Å². The fourth-order valence-electron chi connectivity index (χ4n) is 1.41. The minimum Gasteiger partial charge on any atom is -0.426 e. The first-order valence-electron chi connectivity index (χ1n) is 5.42. The molecule has 0 radical (unpaired) electrons. The monoisotopic (exact) mass is 234 g/mol. The van der Waals surface area contributed by atoms with Gasteiger partial charge in [-0.05, 0) is 26.8 Å². The topological polar surface area (TPSA) is 52.6 Å². The molecule has 0 atom stereocenters. The Kier molecular flexibility index (Phi) is 2.65. The summed E-state index contributed by atoms with van der Waals surface area (Å²) in [6.07, 6.45) is 0.281. The van der Waals surface area contributed by atoms with Crippen LogP contribution in [0.4, 0.5) is 0 Å². The van der Waals surface area contributed by atoms with Gasteiger partial charge in [0, 0.05) is 11.6 Å². The fraction of sp³-hybridized carbons (Fsp3) is 0.385. The number of hydrogen-bond acceptors (Lipinski definition) is 4. The Balaban J connectivity index is 2.17. The predicted octanol–water partition coefficient (Wildman–Crippen LogP) is 2.10. The first kappa shape index (κ1) is 11.6. The van der Waals surface area contributed by atoms with Crippen LogP contribution < -0.4 is 9.47 Å². The fourth-order valence-corrected chi connectivity index (χ4v) is 1.41. The number of carbonyl (C=O) groups is 2. The molecule has 1 aliphatic rings. The number of fused-ring (bicyclic) bond motifs is 1. The van der Waals surface area contributed by atoms with Crippen LogP contribution >= 0.6 is 0 Å². The van der Waals surface area contributed by atoms with Gasteiger partial charge in [-0.3, -0.25) is 9.59 Å². The Labute approximate surface area is 99.5 Å². The van der Waals surface area contributed by atoms with Crippen LogP contribution in [0.1, 0.15) is 26.3 Å². The molecule has 0 aliphatic carbocycles. The molecule has 0 spiro atoms. The second kappa shape index (κ2) is 3.87. The molecule has 90 valence electrons. The van der Waals surface area contributed by atoms with Gasteiger partial charge in [0.1, 0.15) is 11.5 Å². The average Bonchev–Trinajstić information content (AvgIpc) is 2.55. The van der Waals surface area contributed by atoms with Crippen molar-refractivity contribution in [2.75, 3.05) is 0 Å². The summed E-state index contributed by atoms with van der Waals surface area (Å²) >= 11 is 0. The molecule has 0 aromatic heterocycles. The van der Waals surface area contributed by atoms with Crippen LogP contribution in [0.25, 0.3) is 0 Å². The highest BCUT2D eigenvalue weighted by atomic mass is 16.5. The summed E-state index contributed by atoms with van der Waals surface area (Å²) < 4.78 is 10.2. The van der Waals surface area contributed by atoms with E-state index in [1.807, 2.05) is 0 Å². The zero-order valence-corrected chi connectivity index (χ0v) is 10.1. The molecule has 1 aliphatic heterocycles. The second-order valence-electron chi connectivity index (χ2n) is 5.06. The van der Waals surface area contributed by atoms with Gasteiger partial charge in [-0.25, -0.2) is 0 Å². The van der Waals surface area contributed by atoms with Crippen molar-refractivity contribution in [3.8, 4) is 11.5 Å². The highest BCUT2D eigenvalue weighted by Crippen LogP contribution is 2.31. The van der Waals surface area contributed by atoms with Crippen LogP contribution in [0, 0.1) is 5.41 Å². The van der Waals surface area contributed by atoms with Crippen molar-refractivity contribution >= 4 is 11.9 Å². The van der Waals surface area contributed by atoms with E-state index in [2.05, 4.69) is 0 Å². The quantitative estimate of drug-likeness (QED) is 0.551. The second-order valence-corrected chi connectivity index (χ2v) is 5.06. The lowest BCUT2D eigenvalue weighted by atomic mass is 9.97. The molecule has 0 bridgehead atoms. The highest BCUT2D eigenvalue weighted by Gasteiger charge is 2.25. The maximum atomic E-state index is 11.7. The van der Waals surface area contributed by atoms with E-state index in [9.17, 15) is 9.59 Å². The average molecular weight is 234 g/mol. The molecule has 2 rings (SSSR count). The summed E-state index contributed by atoms with van der Waals surface area (Å²) in [6.45, 7) is 5.34. The number of ether oxygens (including phenoxy) is 2. The van der Waals surface area contributed by atoms with E-state index in [1.165, 1.54) is 0 Å². The van der Waals surface area contributed by atoms with Crippen molar-refractivity contribution in [3.05, 3.63) is 23.8 Å². The lowest BCUT2D eigenvalue weighted by molar-refractivity contribution is -0.143. The third-order valence-corrected chi connectivity index (χ3v) is 2.42. The minimum atomic E-state index is -0.560. The number of benzene rings is 1. The Morgan fingerprint density at radius 3 is 2.71 bits per heavy atom. The molecule has 0 fully saturated rings. The first-order chi connectivity index (χ1) is 7.86. The molecule has 1 heterocycles. The summed E-state index contributed by atoms with van der Waals surface area (Å²) in [5.41, 5.74) is 0.265. The molecule has 0 saturated carbocycles. The highest BCUT2D eigenvalue weighted by molar-refractivity contribution is 5.82. The van der Waals surface area contributed by atoms with E-state index in [1.54, 1.807) is 39.0 Å². The number of rotatable bonds is 1. The molecule has 4 nitrogen and oxygen atoms in total. The zero-order chi connectivity index (χ0) is 12.6. The van der Waals surface area contributed by atoms with Gasteiger partial charge in [-0.2, -0.15) is 0 Å². The molecule has 0 unspecified atom stereocenters. The number of hydrogen-bond donors (Lipinski definition) is 0. The lowest BCUT2D eigenvalue weighted by Gasteiger charge is -2.16. The van der Waals surface area contributed by atoms with E-state index in [-0.39, 0.29) is 18.4 Å². The summed E-state index contributed by atoms with van der Waals surface area (Å²) in [7, 11) is 0. The molecule has 1 aromatic carbocycles. The van der Waals surface area contributed by atoms with Crippen LogP contribution in [0.3, 0.4) is 0 Å². The maximum Gasteiger partial charge on any atom is 0.316 e. The van der Waals surface area contributed by atoms with Gasteiger partial charge >= 0.3 is 11.9 Å². The Morgan fingerprint density at radius 2 is 2.06 bits per heavy atom. The summed E-state index contributed by atoms with van der Waals surface area (Å²) in [5, 5.41) is 0. The largest absolute Gasteiger partial charge is 0.426 e. The van der Waals surface area contributed by atoms with Crippen LogP contribution in [0.2, 0.25) is 0 Å². The molecule has 0 N–H and O–H groups in total. The lowest BCUT2D eigenvalue weighted by Crippen LogP contribution is -2.25. The van der Waals surface area contributed by atoms with Crippen LogP contribution in [0.5, 0.6) is 11.5 Å². The van der Waals surface area contributed by atoms with E-state index >= 15 is 0 Å². The van der Waals surface area contributed by atoms with Gasteiger partial charge in [0.25, 0.3) is 0 Å². The number of carbonyl (C=O) groups excluding carboxylic acids is 2. The Hall–Kier alpha value is -1.84. The molecule has 0 amide bonds. The molecular weight excluding hydrogens is 220 g/mol. The molecule has 0 saturated heterocycles. The molecular formula is C13H14O4. The minimum absolute atomic E-state index is 0.278. The van der Waals surface area contributed by atoms with Gasteiger partial charge in [0.15, 0.2) is 0 Å². The van der Waals surface area contributed by atoms with Gasteiger partial charge in [-0.1, -0.05) is 6.07 Å². The van der Waals surface area contributed by atoms with Gasteiger partial charge in [0.05, 0.1) is 11.8 Å². The van der Waals surface area contributed by atoms with E-state index in [0.717, 1.165) is 5.56 Å². The number of esters is 2. The van der Waals surface area contributed by atoms with Crippen LogP contribution in [0.15, 0.2) is 18.2 Å². The van der Waals surface area contributed by atoms with Gasteiger partial charge in [0.2, 0.25) is 0 Å². The normalized spacial score (nSPS) is 14.2. The first-order valence-corrected chi connectivity index (χ1v) is 5.42. The van der Waals surface area contributed by atoms with Crippen molar-refractivity contribution in [1.29, 1.82) is 0 Å². The zero-order valence-electron chi connectivity index (χ0n) is 10.1. The summed E-state index contributed by atoms with van der Waals surface area (Å²) in [5.74, 6) is 0.286. The van der Waals surface area contributed by atoms with Crippen molar-refractivity contribution in [2.24, 2.45) is 5.41 Å². The van der Waals surface area contributed by atoms with Crippen molar-refractivity contribution in [1.82, 2.24) is 0 Å². The standard InChI is InChI=1S/C13H14O4/c1-13(2,3)12(15)16-9-5-4-8-6-11(14)17-10(8)7-9/h4-5,7H,6H2,1-3H3. The van der Waals surface area contributed by atoms with E-state index < -0.39 is 5.41 Å². The maximum absolute atomic E-state index is 11.7. The molecule has 1 aromatic rings. The van der Waals surface area contributed by atoms with Gasteiger partial charge in [-0.15, -0.1) is 0 Å². The summed E-state index contributed by atoms with van der Waals surface area (Å²) in [6, 6.07) is 4.99. The summed E-state index contributed by atoms with van der Waals surface area (Å²) in [4.78, 5) is 22.7.